The van der Waals surface area contributed by atoms with Crippen molar-refractivity contribution in [1.29, 1.82) is 0 Å². The third-order valence-electron chi connectivity index (χ3n) is 2.40. The van der Waals surface area contributed by atoms with Crippen molar-refractivity contribution in [2.45, 2.75) is 27.2 Å². The van der Waals surface area contributed by atoms with E-state index in [-0.39, 0.29) is 0 Å². The molecule has 0 saturated heterocycles. The zero-order chi connectivity index (χ0) is 8.43. The molecule has 0 aliphatic heterocycles. The number of aryl methyl sites for hydroxylation is 2. The molecular formula is C10H15B. The van der Waals surface area contributed by atoms with E-state index in [1.807, 2.05) is 0 Å². The van der Waals surface area contributed by atoms with Gasteiger partial charge in [-0.1, -0.05) is 30.1 Å². The van der Waals surface area contributed by atoms with Crippen LogP contribution in [0.3, 0.4) is 0 Å². The lowest BCUT2D eigenvalue weighted by Gasteiger charge is -2.06. The first-order valence-corrected chi connectivity index (χ1v) is 4.22. The molecule has 0 heterocycles. The van der Waals surface area contributed by atoms with Crippen LogP contribution in [0, 0.1) is 13.8 Å². The summed E-state index contributed by atoms with van der Waals surface area (Å²) in [6.07, 6.45) is 1.14. The summed E-state index contributed by atoms with van der Waals surface area (Å²) in [5.74, 6) is 0. The van der Waals surface area contributed by atoms with Crippen LogP contribution in [0.4, 0.5) is 0 Å². The second-order valence-electron chi connectivity index (χ2n) is 3.21. The topological polar surface area (TPSA) is 0 Å². The number of benzene rings is 1. The lowest BCUT2D eigenvalue weighted by atomic mass is 9.86. The van der Waals surface area contributed by atoms with Gasteiger partial charge < -0.3 is 0 Å². The first-order valence-electron chi connectivity index (χ1n) is 4.22. The molecule has 1 heteroatoms. The van der Waals surface area contributed by atoms with Gasteiger partial charge >= 0.3 is 0 Å². The SMILES string of the molecule is Bc1cc(CC)cc(C)c1C. The van der Waals surface area contributed by atoms with E-state index in [2.05, 4.69) is 40.8 Å². The number of hydrogen-bond acceptors (Lipinski definition) is 0. The van der Waals surface area contributed by atoms with Gasteiger partial charge in [-0.05, 0) is 31.4 Å². The van der Waals surface area contributed by atoms with Crippen molar-refractivity contribution in [3.63, 3.8) is 0 Å². The Bertz CT molecular complexity index is 241. The van der Waals surface area contributed by atoms with Gasteiger partial charge in [0.05, 0.1) is 0 Å². The Labute approximate surface area is 70.0 Å². The molecule has 0 amide bonds. The molecule has 0 N–H and O–H groups in total. The molecule has 0 nitrogen and oxygen atoms in total. The molecule has 0 fully saturated rings. The number of rotatable bonds is 1. The lowest BCUT2D eigenvalue weighted by Crippen LogP contribution is -2.09. The molecule has 1 rings (SSSR count). The highest BCUT2D eigenvalue weighted by Gasteiger charge is 1.98. The van der Waals surface area contributed by atoms with Crippen LogP contribution in [0.15, 0.2) is 12.1 Å². The molecule has 58 valence electrons. The van der Waals surface area contributed by atoms with Crippen LogP contribution >= 0.6 is 0 Å². The highest BCUT2D eigenvalue weighted by atomic mass is 14.0. The second kappa shape index (κ2) is 3.12. The van der Waals surface area contributed by atoms with Gasteiger partial charge in [-0.25, -0.2) is 0 Å². The van der Waals surface area contributed by atoms with Crippen LogP contribution < -0.4 is 5.46 Å². The van der Waals surface area contributed by atoms with Crippen molar-refractivity contribution < 1.29 is 0 Å². The largest absolute Gasteiger partial charge is 0.139 e. The monoisotopic (exact) mass is 146 g/mol. The molecule has 0 aromatic heterocycles. The van der Waals surface area contributed by atoms with Crippen LogP contribution in [0.1, 0.15) is 23.6 Å². The van der Waals surface area contributed by atoms with E-state index >= 15 is 0 Å². The minimum Gasteiger partial charge on any atom is -0.0856 e. The fourth-order valence-corrected chi connectivity index (χ4v) is 1.33. The molecule has 11 heavy (non-hydrogen) atoms. The van der Waals surface area contributed by atoms with Crippen molar-refractivity contribution in [2.24, 2.45) is 0 Å². The summed E-state index contributed by atoms with van der Waals surface area (Å²) in [7, 11) is 2.18. The van der Waals surface area contributed by atoms with Gasteiger partial charge in [0.2, 0.25) is 0 Å². The quantitative estimate of drug-likeness (QED) is 0.521. The van der Waals surface area contributed by atoms with Crippen LogP contribution in [-0.2, 0) is 6.42 Å². The van der Waals surface area contributed by atoms with Crippen molar-refractivity contribution >= 4 is 13.3 Å². The van der Waals surface area contributed by atoms with Gasteiger partial charge in [0.1, 0.15) is 7.85 Å². The summed E-state index contributed by atoms with van der Waals surface area (Å²) < 4.78 is 0. The van der Waals surface area contributed by atoms with Crippen LogP contribution in [0.25, 0.3) is 0 Å². The molecule has 0 aliphatic rings. The molecular weight excluding hydrogens is 131 g/mol. The molecule has 0 bridgehead atoms. The zero-order valence-electron chi connectivity index (χ0n) is 7.86. The van der Waals surface area contributed by atoms with Crippen molar-refractivity contribution in [3.8, 4) is 0 Å². The minimum absolute atomic E-state index is 1.14. The van der Waals surface area contributed by atoms with E-state index in [0.717, 1.165) is 6.42 Å². The summed E-state index contributed by atoms with van der Waals surface area (Å²) in [5.41, 5.74) is 5.72. The Morgan fingerprint density at radius 2 is 1.91 bits per heavy atom. The average Bonchev–Trinajstić information content (AvgIpc) is 1.99. The van der Waals surface area contributed by atoms with E-state index in [1.54, 1.807) is 0 Å². The maximum absolute atomic E-state index is 2.28. The molecule has 0 aliphatic carbocycles. The Balaban J connectivity index is 3.21. The van der Waals surface area contributed by atoms with Gasteiger partial charge in [0, 0.05) is 0 Å². The second-order valence-corrected chi connectivity index (χ2v) is 3.21. The maximum Gasteiger partial charge on any atom is 0.139 e. The van der Waals surface area contributed by atoms with E-state index in [4.69, 9.17) is 0 Å². The third kappa shape index (κ3) is 1.65. The predicted molar refractivity (Wildman–Crippen MR) is 53.5 cm³/mol. The number of hydrogen-bond donors (Lipinski definition) is 0. The Kier molecular flexibility index (Phi) is 2.38. The summed E-state index contributed by atoms with van der Waals surface area (Å²) in [4.78, 5) is 0. The van der Waals surface area contributed by atoms with Crippen molar-refractivity contribution in [3.05, 3.63) is 28.8 Å². The molecule has 0 saturated carbocycles. The fourth-order valence-electron chi connectivity index (χ4n) is 1.33. The zero-order valence-corrected chi connectivity index (χ0v) is 7.86. The summed E-state index contributed by atoms with van der Waals surface area (Å²) in [6, 6.07) is 4.56. The Hall–Kier alpha value is -0.715. The van der Waals surface area contributed by atoms with Gasteiger partial charge in [-0.2, -0.15) is 0 Å². The van der Waals surface area contributed by atoms with Crippen LogP contribution in [0.2, 0.25) is 0 Å². The van der Waals surface area contributed by atoms with Gasteiger partial charge in [-0.15, -0.1) is 0 Å². The van der Waals surface area contributed by atoms with E-state index in [9.17, 15) is 0 Å². The van der Waals surface area contributed by atoms with Crippen molar-refractivity contribution in [2.75, 3.05) is 0 Å². The molecule has 1 aromatic carbocycles. The first-order chi connectivity index (χ1) is 5.15. The summed E-state index contributed by atoms with van der Waals surface area (Å²) in [6.45, 7) is 6.56. The highest BCUT2D eigenvalue weighted by Crippen LogP contribution is 2.07. The standard InChI is InChI=1S/C10H15B/c1-4-9-5-7(2)8(3)10(11)6-9/h5-6H,4,11H2,1-3H3. The normalized spacial score (nSPS) is 10.1. The average molecular weight is 146 g/mol. The Morgan fingerprint density at radius 3 is 2.36 bits per heavy atom. The van der Waals surface area contributed by atoms with Gasteiger partial charge in [-0.3, -0.25) is 0 Å². The molecule has 1 aromatic rings. The van der Waals surface area contributed by atoms with Gasteiger partial charge in [0.25, 0.3) is 0 Å². The molecule has 0 radical (unpaired) electrons. The van der Waals surface area contributed by atoms with E-state index in [0.29, 0.717) is 0 Å². The Morgan fingerprint density at radius 1 is 1.27 bits per heavy atom. The van der Waals surface area contributed by atoms with Gasteiger partial charge in [0.15, 0.2) is 0 Å². The fraction of sp³-hybridized carbons (Fsp3) is 0.400. The smallest absolute Gasteiger partial charge is 0.0856 e. The summed E-state index contributed by atoms with van der Waals surface area (Å²) >= 11 is 0. The lowest BCUT2D eigenvalue weighted by molar-refractivity contribution is 1.13. The van der Waals surface area contributed by atoms with Crippen LogP contribution in [-0.4, -0.2) is 7.85 Å². The molecule has 0 spiro atoms. The predicted octanol–water partition coefficient (Wildman–Crippen LogP) is 1.12. The molecule has 0 atom stereocenters. The van der Waals surface area contributed by atoms with E-state index < -0.39 is 0 Å². The van der Waals surface area contributed by atoms with Crippen LogP contribution in [0.5, 0.6) is 0 Å². The highest BCUT2D eigenvalue weighted by molar-refractivity contribution is 6.33. The minimum atomic E-state index is 1.14. The summed E-state index contributed by atoms with van der Waals surface area (Å²) in [5, 5.41) is 0. The third-order valence-corrected chi connectivity index (χ3v) is 2.40. The maximum atomic E-state index is 2.28. The first kappa shape index (κ1) is 8.38. The van der Waals surface area contributed by atoms with Crippen molar-refractivity contribution in [1.82, 2.24) is 0 Å². The molecule has 0 unspecified atom stereocenters. The van der Waals surface area contributed by atoms with E-state index in [1.165, 1.54) is 22.2 Å².